The van der Waals surface area contributed by atoms with Gasteiger partial charge in [-0.25, -0.2) is 0 Å². The van der Waals surface area contributed by atoms with Crippen molar-refractivity contribution in [2.75, 3.05) is 25.6 Å². The lowest BCUT2D eigenvalue weighted by atomic mass is 9.75. The minimum atomic E-state index is -1.19. The van der Waals surface area contributed by atoms with Crippen molar-refractivity contribution >= 4 is 23.4 Å². The Balaban J connectivity index is 1.81. The minimum absolute atomic E-state index is 0.101. The number of benzene rings is 1. The van der Waals surface area contributed by atoms with Crippen molar-refractivity contribution in [3.05, 3.63) is 29.3 Å². The van der Waals surface area contributed by atoms with Crippen molar-refractivity contribution in [3.63, 3.8) is 0 Å². The van der Waals surface area contributed by atoms with Crippen LogP contribution in [-0.4, -0.2) is 48.9 Å². The Kier molecular flexibility index (Phi) is 4.55. The van der Waals surface area contributed by atoms with Gasteiger partial charge in [-0.1, -0.05) is 31.5 Å². The Labute approximate surface area is 164 Å². The van der Waals surface area contributed by atoms with Crippen LogP contribution in [0.4, 0.5) is 5.69 Å². The number of nitrogens with one attached hydrogen (secondary N) is 2. The number of hydrogen-bond donors (Lipinski definition) is 2. The molecule has 1 spiro atoms. The molecule has 3 heterocycles. The summed E-state index contributed by atoms with van der Waals surface area (Å²) in [5.41, 5.74) is 1.30. The number of anilines is 1. The fourth-order valence-electron chi connectivity index (χ4n) is 5.07. The van der Waals surface area contributed by atoms with Crippen molar-refractivity contribution < 1.29 is 19.1 Å². The predicted octanol–water partition coefficient (Wildman–Crippen LogP) is 1.41. The number of carbonyl (C=O) groups is 3. The van der Waals surface area contributed by atoms with Gasteiger partial charge in [0.15, 0.2) is 0 Å². The summed E-state index contributed by atoms with van der Waals surface area (Å²) in [6.45, 7) is 6.79. The molecular formula is C21H27N3O4. The van der Waals surface area contributed by atoms with Crippen LogP contribution < -0.4 is 10.6 Å². The fourth-order valence-corrected chi connectivity index (χ4v) is 5.07. The normalized spacial score (nSPS) is 31.1. The van der Waals surface area contributed by atoms with Crippen LogP contribution in [0, 0.1) is 24.7 Å². The molecule has 2 saturated heterocycles. The number of aryl methyl sites for hydroxylation is 1. The summed E-state index contributed by atoms with van der Waals surface area (Å²) < 4.78 is 5.07. The topological polar surface area (TPSA) is 87.7 Å². The number of imide groups is 1. The molecule has 4 rings (SSSR count). The number of nitrogens with zero attached hydrogens (tertiary/aromatic N) is 1. The molecule has 0 aromatic heterocycles. The highest BCUT2D eigenvalue weighted by Crippen LogP contribution is 2.54. The molecule has 3 aliphatic rings. The molecule has 4 unspecified atom stereocenters. The first-order valence-corrected chi connectivity index (χ1v) is 9.87. The van der Waals surface area contributed by atoms with Crippen LogP contribution in [0.15, 0.2) is 18.2 Å². The van der Waals surface area contributed by atoms with Gasteiger partial charge in [0.25, 0.3) is 0 Å². The Morgan fingerprint density at radius 3 is 2.64 bits per heavy atom. The summed E-state index contributed by atoms with van der Waals surface area (Å²) in [5.74, 6) is -1.84. The molecule has 4 atom stereocenters. The number of likely N-dealkylation sites (tertiary alicyclic amines) is 1. The molecule has 150 valence electrons. The van der Waals surface area contributed by atoms with Gasteiger partial charge in [0.1, 0.15) is 5.54 Å². The highest BCUT2D eigenvalue weighted by molar-refractivity contribution is 6.15. The number of fused-ring (bicyclic) bond motifs is 4. The summed E-state index contributed by atoms with van der Waals surface area (Å²) in [6.07, 6.45) is 0.585. The van der Waals surface area contributed by atoms with E-state index >= 15 is 0 Å². The van der Waals surface area contributed by atoms with Gasteiger partial charge in [0.05, 0.1) is 11.8 Å². The Hall–Kier alpha value is -2.25. The maximum Gasteiger partial charge on any atom is 0.250 e. The van der Waals surface area contributed by atoms with E-state index in [9.17, 15) is 14.4 Å². The van der Waals surface area contributed by atoms with E-state index in [1.807, 2.05) is 39.0 Å². The van der Waals surface area contributed by atoms with Crippen LogP contribution in [0.2, 0.25) is 0 Å². The summed E-state index contributed by atoms with van der Waals surface area (Å²) >= 11 is 0. The van der Waals surface area contributed by atoms with Gasteiger partial charge in [-0.15, -0.1) is 0 Å². The lowest BCUT2D eigenvalue weighted by Crippen LogP contribution is -2.54. The van der Waals surface area contributed by atoms with E-state index in [1.165, 1.54) is 4.90 Å². The van der Waals surface area contributed by atoms with Gasteiger partial charge in [-0.2, -0.15) is 0 Å². The van der Waals surface area contributed by atoms with E-state index in [-0.39, 0.29) is 29.7 Å². The number of carbonyl (C=O) groups excluding carboxylic acids is 3. The maximum absolute atomic E-state index is 13.4. The molecule has 0 radical (unpaired) electrons. The van der Waals surface area contributed by atoms with Gasteiger partial charge in [-0.05, 0) is 25.3 Å². The highest BCUT2D eigenvalue weighted by Gasteiger charge is 2.70. The van der Waals surface area contributed by atoms with Crippen LogP contribution in [0.25, 0.3) is 0 Å². The van der Waals surface area contributed by atoms with Crippen LogP contribution in [0.3, 0.4) is 0 Å². The second kappa shape index (κ2) is 6.67. The van der Waals surface area contributed by atoms with E-state index in [4.69, 9.17) is 4.74 Å². The zero-order chi connectivity index (χ0) is 20.2. The molecule has 3 aliphatic heterocycles. The molecule has 0 saturated carbocycles. The monoisotopic (exact) mass is 385 g/mol. The lowest BCUT2D eigenvalue weighted by Gasteiger charge is -2.30. The zero-order valence-corrected chi connectivity index (χ0v) is 16.7. The van der Waals surface area contributed by atoms with E-state index in [0.717, 1.165) is 11.1 Å². The van der Waals surface area contributed by atoms with Gasteiger partial charge < -0.3 is 10.1 Å². The average Bonchev–Trinajstić information content (AvgIpc) is 3.23. The van der Waals surface area contributed by atoms with Crippen molar-refractivity contribution in [1.29, 1.82) is 0 Å². The summed E-state index contributed by atoms with van der Waals surface area (Å²) in [5, 5.41) is 6.37. The smallest absolute Gasteiger partial charge is 0.250 e. The van der Waals surface area contributed by atoms with E-state index in [0.29, 0.717) is 25.3 Å². The average molecular weight is 385 g/mol. The van der Waals surface area contributed by atoms with E-state index in [2.05, 4.69) is 10.6 Å². The number of methoxy groups -OCH3 is 1. The van der Waals surface area contributed by atoms with Gasteiger partial charge in [0.2, 0.25) is 17.7 Å². The fraction of sp³-hybridized carbons (Fsp3) is 0.571. The third-order valence-corrected chi connectivity index (χ3v) is 6.34. The number of hydrogen-bond acceptors (Lipinski definition) is 5. The maximum atomic E-state index is 13.4. The van der Waals surface area contributed by atoms with Crippen LogP contribution in [-0.2, 0) is 24.7 Å². The molecular weight excluding hydrogens is 358 g/mol. The van der Waals surface area contributed by atoms with Crippen molar-refractivity contribution in [2.24, 2.45) is 17.8 Å². The lowest BCUT2D eigenvalue weighted by molar-refractivity contribution is -0.143. The Morgan fingerprint density at radius 1 is 1.21 bits per heavy atom. The minimum Gasteiger partial charge on any atom is -0.385 e. The Morgan fingerprint density at radius 2 is 1.96 bits per heavy atom. The first-order chi connectivity index (χ1) is 13.3. The third kappa shape index (κ3) is 2.46. The molecule has 1 aromatic rings. The van der Waals surface area contributed by atoms with E-state index in [1.54, 1.807) is 7.11 Å². The molecule has 0 aliphatic carbocycles. The van der Waals surface area contributed by atoms with Crippen LogP contribution in [0.5, 0.6) is 0 Å². The molecule has 7 heteroatoms. The molecule has 2 fully saturated rings. The number of ether oxygens (including phenoxy) is 1. The van der Waals surface area contributed by atoms with E-state index < -0.39 is 17.4 Å². The standard InChI is InChI=1S/C21H27N3O4/c1-11(2)17-15-16(19(26)24(18(15)25)8-5-9-28-4)21(23-17)13-10-12(3)6-7-14(13)22-20(21)27/h6-7,10-11,15-17,23H,5,8-9H2,1-4H3,(H,22,27). The van der Waals surface area contributed by atoms with Crippen LogP contribution >= 0.6 is 0 Å². The third-order valence-electron chi connectivity index (χ3n) is 6.34. The largest absolute Gasteiger partial charge is 0.385 e. The van der Waals surface area contributed by atoms with Gasteiger partial charge in [0, 0.05) is 37.6 Å². The van der Waals surface area contributed by atoms with Crippen molar-refractivity contribution in [3.8, 4) is 0 Å². The number of amides is 3. The summed E-state index contributed by atoms with van der Waals surface area (Å²) in [6, 6.07) is 5.51. The second-order valence-electron chi connectivity index (χ2n) is 8.40. The second-order valence-corrected chi connectivity index (χ2v) is 8.40. The van der Waals surface area contributed by atoms with Gasteiger partial charge in [-0.3, -0.25) is 24.6 Å². The first kappa shape index (κ1) is 19.1. The molecule has 0 bridgehead atoms. The SMILES string of the molecule is COCCCN1C(=O)C2C(C(C)C)NC3(C(=O)Nc4ccc(C)cc43)C2C1=O. The molecule has 3 amide bonds. The summed E-state index contributed by atoms with van der Waals surface area (Å²) in [7, 11) is 1.60. The Bertz CT molecular complexity index is 852. The van der Waals surface area contributed by atoms with Gasteiger partial charge >= 0.3 is 0 Å². The molecule has 1 aromatic carbocycles. The quantitative estimate of drug-likeness (QED) is 0.591. The number of rotatable bonds is 5. The van der Waals surface area contributed by atoms with Crippen molar-refractivity contribution in [2.45, 2.75) is 38.8 Å². The predicted molar refractivity (Wildman–Crippen MR) is 103 cm³/mol. The first-order valence-electron chi connectivity index (χ1n) is 9.87. The molecule has 7 nitrogen and oxygen atoms in total. The highest BCUT2D eigenvalue weighted by atomic mass is 16.5. The zero-order valence-electron chi connectivity index (χ0n) is 16.7. The molecule has 28 heavy (non-hydrogen) atoms. The van der Waals surface area contributed by atoms with Crippen LogP contribution in [0.1, 0.15) is 31.4 Å². The van der Waals surface area contributed by atoms with Crippen molar-refractivity contribution in [1.82, 2.24) is 10.2 Å². The molecule has 2 N–H and O–H groups in total. The summed E-state index contributed by atoms with van der Waals surface area (Å²) in [4.78, 5) is 41.2.